The van der Waals surface area contributed by atoms with Crippen molar-refractivity contribution in [3.05, 3.63) is 29.3 Å². The Balaban J connectivity index is 1.50. The number of aromatic nitrogens is 2. The van der Waals surface area contributed by atoms with Crippen molar-refractivity contribution in [2.75, 3.05) is 11.9 Å². The summed E-state index contributed by atoms with van der Waals surface area (Å²) in [5.41, 5.74) is 0.857. The molecule has 0 bridgehead atoms. The molecule has 1 N–H and O–H groups in total. The third-order valence-electron chi connectivity index (χ3n) is 4.60. The first-order valence-corrected chi connectivity index (χ1v) is 8.15. The summed E-state index contributed by atoms with van der Waals surface area (Å²) in [5.74, 6) is 1.11. The number of rotatable bonds is 3. The quantitative estimate of drug-likeness (QED) is 0.933. The van der Waals surface area contributed by atoms with E-state index in [0.717, 1.165) is 25.0 Å². The van der Waals surface area contributed by atoms with Crippen molar-refractivity contribution in [3.63, 3.8) is 0 Å². The van der Waals surface area contributed by atoms with E-state index in [-0.39, 0.29) is 0 Å². The Kier molecular flexibility index (Phi) is 3.76. The third kappa shape index (κ3) is 2.71. The van der Waals surface area contributed by atoms with Crippen molar-refractivity contribution in [1.29, 1.82) is 0 Å². The van der Waals surface area contributed by atoms with E-state index in [4.69, 9.17) is 20.9 Å². The fraction of sp³-hybridized carbons (Fsp3) is 0.500. The number of ether oxygens (including phenoxy) is 1. The van der Waals surface area contributed by atoms with Crippen LogP contribution in [0.1, 0.15) is 25.7 Å². The Morgan fingerprint density at radius 3 is 3.09 bits per heavy atom. The van der Waals surface area contributed by atoms with Gasteiger partial charge in [0.2, 0.25) is 5.82 Å². The number of hydrogen-bond donors (Lipinski definition) is 1. The molecule has 116 valence electrons. The minimum Gasteiger partial charge on any atom is -0.378 e. The van der Waals surface area contributed by atoms with Gasteiger partial charge < -0.3 is 14.6 Å². The zero-order valence-corrected chi connectivity index (χ0v) is 12.9. The highest BCUT2D eigenvalue weighted by Gasteiger charge is 2.38. The molecule has 1 aliphatic carbocycles. The van der Waals surface area contributed by atoms with Gasteiger partial charge in [0, 0.05) is 29.2 Å². The van der Waals surface area contributed by atoms with Gasteiger partial charge in [0.15, 0.2) is 0 Å². The average molecular weight is 320 g/mol. The second-order valence-electron chi connectivity index (χ2n) is 5.98. The molecule has 2 fully saturated rings. The monoisotopic (exact) mass is 319 g/mol. The van der Waals surface area contributed by atoms with Crippen LogP contribution >= 0.6 is 11.6 Å². The third-order valence-corrected chi connectivity index (χ3v) is 4.83. The predicted octanol–water partition coefficient (Wildman–Crippen LogP) is 3.76. The van der Waals surface area contributed by atoms with Crippen LogP contribution in [0.5, 0.6) is 0 Å². The number of fused-ring (bicyclic) bond motifs is 1. The number of hydrogen-bond acceptors (Lipinski definition) is 5. The summed E-state index contributed by atoms with van der Waals surface area (Å²) in [5, 5.41) is 8.11. The fourth-order valence-electron chi connectivity index (χ4n) is 3.54. The van der Waals surface area contributed by atoms with Crippen LogP contribution < -0.4 is 5.32 Å². The van der Waals surface area contributed by atoms with Gasteiger partial charge in [0.25, 0.3) is 0 Å². The second kappa shape index (κ2) is 5.89. The molecule has 6 heteroatoms. The first kappa shape index (κ1) is 14.0. The van der Waals surface area contributed by atoms with Crippen molar-refractivity contribution in [2.24, 2.45) is 5.92 Å². The fourth-order valence-corrected chi connectivity index (χ4v) is 3.73. The molecule has 2 aromatic rings. The molecule has 22 heavy (non-hydrogen) atoms. The van der Waals surface area contributed by atoms with Crippen LogP contribution in [0.2, 0.25) is 5.02 Å². The lowest BCUT2D eigenvalue weighted by atomic mass is 9.82. The molecule has 2 heterocycles. The maximum atomic E-state index is 6.00. The zero-order chi connectivity index (χ0) is 14.9. The van der Waals surface area contributed by atoms with Crippen LogP contribution in [0, 0.1) is 5.92 Å². The molecule has 1 aliphatic heterocycles. The molecule has 0 spiro atoms. The lowest BCUT2D eigenvalue weighted by Gasteiger charge is -2.32. The maximum Gasteiger partial charge on any atom is 0.322 e. The summed E-state index contributed by atoms with van der Waals surface area (Å²) >= 11 is 6.00. The molecule has 0 amide bonds. The van der Waals surface area contributed by atoms with Crippen LogP contribution in [0.4, 0.5) is 6.01 Å². The van der Waals surface area contributed by atoms with Gasteiger partial charge in [-0.05, 0) is 37.8 Å². The summed E-state index contributed by atoms with van der Waals surface area (Å²) in [6, 6.07) is 8.29. The molecule has 3 unspecified atom stereocenters. The Hall–Kier alpha value is -1.59. The van der Waals surface area contributed by atoms with Crippen LogP contribution in [0.25, 0.3) is 11.4 Å². The molecule has 5 nitrogen and oxygen atoms in total. The summed E-state index contributed by atoms with van der Waals surface area (Å²) in [7, 11) is 0. The highest BCUT2D eigenvalue weighted by molar-refractivity contribution is 6.30. The minimum atomic E-state index is 0.355. The summed E-state index contributed by atoms with van der Waals surface area (Å²) in [6.45, 7) is 0.866. The normalized spacial score (nSPS) is 27.6. The summed E-state index contributed by atoms with van der Waals surface area (Å²) < 4.78 is 11.1. The second-order valence-corrected chi connectivity index (χ2v) is 6.41. The summed E-state index contributed by atoms with van der Waals surface area (Å²) in [4.78, 5) is 4.44. The number of nitrogens with one attached hydrogen (secondary N) is 1. The first-order valence-electron chi connectivity index (χ1n) is 7.77. The first-order chi connectivity index (χ1) is 10.8. The number of benzene rings is 1. The van der Waals surface area contributed by atoms with E-state index in [1.807, 2.05) is 24.3 Å². The molecule has 3 atom stereocenters. The Labute approximate surface area is 134 Å². The van der Waals surface area contributed by atoms with Crippen LogP contribution in [-0.4, -0.2) is 28.9 Å². The molecule has 1 aromatic heterocycles. The highest BCUT2D eigenvalue weighted by atomic mass is 35.5. The van der Waals surface area contributed by atoms with Gasteiger partial charge in [-0.15, -0.1) is 0 Å². The van der Waals surface area contributed by atoms with E-state index in [9.17, 15) is 0 Å². The Morgan fingerprint density at radius 2 is 2.18 bits per heavy atom. The lowest BCUT2D eigenvalue weighted by molar-refractivity contribution is 0.0616. The van der Waals surface area contributed by atoms with Gasteiger partial charge in [-0.2, -0.15) is 4.98 Å². The van der Waals surface area contributed by atoms with Crippen LogP contribution in [-0.2, 0) is 4.74 Å². The van der Waals surface area contributed by atoms with Crippen molar-refractivity contribution in [2.45, 2.75) is 37.8 Å². The van der Waals surface area contributed by atoms with Crippen molar-refractivity contribution in [1.82, 2.24) is 10.1 Å². The van der Waals surface area contributed by atoms with E-state index in [0.29, 0.717) is 34.9 Å². The smallest absolute Gasteiger partial charge is 0.322 e. The molecular weight excluding hydrogens is 302 g/mol. The van der Waals surface area contributed by atoms with Gasteiger partial charge in [-0.1, -0.05) is 28.9 Å². The Bertz CT molecular complexity index is 660. The number of nitrogens with zero attached hydrogens (tertiary/aromatic N) is 2. The van der Waals surface area contributed by atoms with E-state index in [1.54, 1.807) is 0 Å². The molecule has 2 aliphatic rings. The van der Waals surface area contributed by atoms with Gasteiger partial charge in [0.1, 0.15) is 0 Å². The van der Waals surface area contributed by atoms with E-state index < -0.39 is 0 Å². The number of anilines is 1. The summed E-state index contributed by atoms with van der Waals surface area (Å²) in [6.07, 6.45) is 4.97. The standard InChI is InChI=1S/C16H18ClN3O2/c17-11-4-1-3-10(9-11)15-19-16(22-20-15)18-13-5-2-6-14-12(13)7-8-21-14/h1,3-4,9,12-14H,2,5-8H2,(H,18,19,20). The van der Waals surface area contributed by atoms with Crippen LogP contribution in [0.15, 0.2) is 28.8 Å². The van der Waals surface area contributed by atoms with Crippen molar-refractivity contribution >= 4 is 17.6 Å². The highest BCUT2D eigenvalue weighted by Crippen LogP contribution is 2.36. The Morgan fingerprint density at radius 1 is 1.23 bits per heavy atom. The SMILES string of the molecule is Clc1cccc(-c2noc(NC3CCCC4OCCC34)n2)c1. The average Bonchev–Trinajstić information content (AvgIpc) is 3.16. The molecule has 0 radical (unpaired) electrons. The van der Waals surface area contributed by atoms with E-state index in [1.165, 1.54) is 12.8 Å². The zero-order valence-electron chi connectivity index (χ0n) is 12.2. The van der Waals surface area contributed by atoms with Gasteiger partial charge in [-0.25, -0.2) is 0 Å². The van der Waals surface area contributed by atoms with Crippen molar-refractivity contribution < 1.29 is 9.26 Å². The molecular formula is C16H18ClN3O2. The largest absolute Gasteiger partial charge is 0.378 e. The maximum absolute atomic E-state index is 6.00. The minimum absolute atomic E-state index is 0.355. The van der Waals surface area contributed by atoms with Crippen LogP contribution in [0.3, 0.4) is 0 Å². The predicted molar refractivity (Wildman–Crippen MR) is 83.9 cm³/mol. The topological polar surface area (TPSA) is 60.2 Å². The van der Waals surface area contributed by atoms with Crippen molar-refractivity contribution in [3.8, 4) is 11.4 Å². The van der Waals surface area contributed by atoms with Gasteiger partial charge in [0.05, 0.1) is 6.10 Å². The number of halogens is 1. The molecule has 1 saturated heterocycles. The van der Waals surface area contributed by atoms with E-state index in [2.05, 4.69) is 15.5 Å². The van der Waals surface area contributed by atoms with Gasteiger partial charge in [-0.3, -0.25) is 0 Å². The molecule has 1 aromatic carbocycles. The molecule has 1 saturated carbocycles. The molecule has 4 rings (SSSR count). The van der Waals surface area contributed by atoms with E-state index >= 15 is 0 Å². The van der Waals surface area contributed by atoms with Gasteiger partial charge >= 0.3 is 6.01 Å². The lowest BCUT2D eigenvalue weighted by Crippen LogP contribution is -2.38.